The van der Waals surface area contributed by atoms with Gasteiger partial charge in [-0.25, -0.2) is 14.1 Å². The molecule has 0 fully saturated rings. The number of nitrogens with zero attached hydrogens (tertiary/aromatic N) is 3. The van der Waals surface area contributed by atoms with Gasteiger partial charge < -0.3 is 5.32 Å². The highest BCUT2D eigenvalue weighted by Gasteiger charge is 2.24. The average molecular weight is 354 g/mol. The molecule has 26 heavy (non-hydrogen) atoms. The molecule has 0 radical (unpaired) electrons. The van der Waals surface area contributed by atoms with Crippen LogP contribution in [-0.2, 0) is 0 Å². The normalized spacial score (nSPS) is 11.7. The van der Waals surface area contributed by atoms with E-state index in [1.54, 1.807) is 29.1 Å². The van der Waals surface area contributed by atoms with E-state index < -0.39 is 0 Å². The molecule has 2 heterocycles. The molecule has 0 saturated carbocycles. The predicted octanol–water partition coefficient (Wildman–Crippen LogP) is 3.97. The van der Waals surface area contributed by atoms with Crippen LogP contribution >= 0.6 is 0 Å². The van der Waals surface area contributed by atoms with Crippen molar-refractivity contribution in [1.82, 2.24) is 20.1 Å². The molecular formula is C20H23FN4O. The predicted molar refractivity (Wildman–Crippen MR) is 99.8 cm³/mol. The molecule has 0 atom stereocenters. The van der Waals surface area contributed by atoms with E-state index in [9.17, 15) is 9.18 Å². The third kappa shape index (κ3) is 3.45. The number of nitrogens with one attached hydrogen (secondary N) is 1. The van der Waals surface area contributed by atoms with Crippen LogP contribution in [0.2, 0.25) is 0 Å². The van der Waals surface area contributed by atoms with Crippen LogP contribution in [0.25, 0.3) is 16.7 Å². The Morgan fingerprint density at radius 2 is 1.73 bits per heavy atom. The number of carbonyl (C=O) groups excluding carboxylic acids is 1. The Morgan fingerprint density at radius 3 is 2.35 bits per heavy atom. The van der Waals surface area contributed by atoms with Crippen molar-refractivity contribution in [2.75, 3.05) is 0 Å². The van der Waals surface area contributed by atoms with E-state index in [1.807, 2.05) is 6.07 Å². The highest BCUT2D eigenvalue weighted by molar-refractivity contribution is 6.04. The first-order valence-corrected chi connectivity index (χ1v) is 8.79. The summed E-state index contributed by atoms with van der Waals surface area (Å²) in [6.07, 6.45) is 1.65. The first-order chi connectivity index (χ1) is 12.4. The molecule has 0 unspecified atom stereocenters. The maximum Gasteiger partial charge on any atom is 0.272 e. The maximum absolute atomic E-state index is 13.2. The molecule has 3 rings (SSSR count). The van der Waals surface area contributed by atoms with E-state index in [0.717, 1.165) is 0 Å². The minimum Gasteiger partial charge on any atom is -0.347 e. The van der Waals surface area contributed by atoms with E-state index >= 15 is 0 Å². The number of benzene rings is 1. The van der Waals surface area contributed by atoms with Gasteiger partial charge in [-0.15, -0.1) is 0 Å². The highest BCUT2D eigenvalue weighted by Crippen LogP contribution is 2.21. The van der Waals surface area contributed by atoms with Crippen LogP contribution in [0, 0.1) is 17.7 Å². The van der Waals surface area contributed by atoms with Crippen molar-refractivity contribution >= 4 is 16.9 Å². The van der Waals surface area contributed by atoms with E-state index in [4.69, 9.17) is 0 Å². The van der Waals surface area contributed by atoms with E-state index in [2.05, 4.69) is 43.1 Å². The first kappa shape index (κ1) is 18.0. The molecule has 1 aromatic carbocycles. The number of aromatic nitrogens is 3. The number of hydrogen-bond donors (Lipinski definition) is 1. The summed E-state index contributed by atoms with van der Waals surface area (Å²) in [7, 11) is 0. The van der Waals surface area contributed by atoms with Crippen molar-refractivity contribution < 1.29 is 9.18 Å². The van der Waals surface area contributed by atoms with Gasteiger partial charge in [0.25, 0.3) is 5.91 Å². The summed E-state index contributed by atoms with van der Waals surface area (Å²) in [5.74, 6) is 0.0640. The fourth-order valence-corrected chi connectivity index (χ4v) is 3.20. The largest absolute Gasteiger partial charge is 0.347 e. The molecule has 0 aliphatic carbocycles. The van der Waals surface area contributed by atoms with E-state index in [1.165, 1.54) is 12.1 Å². The van der Waals surface area contributed by atoms with Crippen molar-refractivity contribution in [1.29, 1.82) is 0 Å². The van der Waals surface area contributed by atoms with Crippen molar-refractivity contribution in [2.45, 2.75) is 33.7 Å². The van der Waals surface area contributed by atoms with Crippen molar-refractivity contribution in [3.8, 4) is 5.69 Å². The Kier molecular flexibility index (Phi) is 5.02. The van der Waals surface area contributed by atoms with Crippen LogP contribution in [0.4, 0.5) is 4.39 Å². The Labute approximate surface area is 152 Å². The summed E-state index contributed by atoms with van der Waals surface area (Å²) in [6.45, 7) is 8.34. The molecule has 1 N–H and O–H groups in total. The fourth-order valence-electron chi connectivity index (χ4n) is 3.20. The van der Waals surface area contributed by atoms with Gasteiger partial charge in [-0.05, 0) is 48.2 Å². The van der Waals surface area contributed by atoms with Gasteiger partial charge in [-0.1, -0.05) is 27.7 Å². The molecule has 1 amide bonds. The minimum atomic E-state index is -0.326. The van der Waals surface area contributed by atoms with E-state index in [0.29, 0.717) is 34.3 Å². The number of carbonyl (C=O) groups is 1. The first-order valence-electron chi connectivity index (χ1n) is 8.79. The Hall–Kier alpha value is -2.76. The molecule has 0 aliphatic heterocycles. The second-order valence-corrected chi connectivity index (χ2v) is 7.10. The lowest BCUT2D eigenvalue weighted by Gasteiger charge is -2.25. The molecule has 0 spiro atoms. The van der Waals surface area contributed by atoms with Crippen molar-refractivity contribution in [3.05, 3.63) is 54.1 Å². The lowest BCUT2D eigenvalue weighted by molar-refractivity contribution is 0.0906. The van der Waals surface area contributed by atoms with Crippen LogP contribution in [0.1, 0.15) is 38.2 Å². The molecule has 0 saturated heterocycles. The second-order valence-electron chi connectivity index (χ2n) is 7.10. The summed E-state index contributed by atoms with van der Waals surface area (Å²) >= 11 is 0. The van der Waals surface area contributed by atoms with Crippen molar-refractivity contribution in [3.63, 3.8) is 0 Å². The molecule has 136 valence electrons. The highest BCUT2D eigenvalue weighted by atomic mass is 19.1. The smallest absolute Gasteiger partial charge is 0.272 e. The molecular weight excluding hydrogens is 331 g/mol. The SMILES string of the molecule is CC(C)C(NC(=O)c1nn(-c2ccc(F)cc2)c2ncccc12)C(C)C. The van der Waals surface area contributed by atoms with Gasteiger partial charge in [-0.2, -0.15) is 5.10 Å². The zero-order chi connectivity index (χ0) is 18.8. The van der Waals surface area contributed by atoms with Gasteiger partial charge in [0.05, 0.1) is 11.1 Å². The number of fused-ring (bicyclic) bond motifs is 1. The number of pyridine rings is 1. The van der Waals surface area contributed by atoms with Crippen LogP contribution < -0.4 is 5.32 Å². The molecule has 2 aromatic heterocycles. The number of rotatable bonds is 5. The second kappa shape index (κ2) is 7.23. The van der Waals surface area contributed by atoms with Gasteiger partial charge in [0.2, 0.25) is 0 Å². The van der Waals surface area contributed by atoms with Gasteiger partial charge in [0.15, 0.2) is 11.3 Å². The number of amides is 1. The molecule has 0 bridgehead atoms. The maximum atomic E-state index is 13.2. The van der Waals surface area contributed by atoms with Crippen LogP contribution in [0.15, 0.2) is 42.6 Å². The van der Waals surface area contributed by atoms with E-state index in [-0.39, 0.29) is 17.8 Å². The third-order valence-corrected chi connectivity index (χ3v) is 4.46. The van der Waals surface area contributed by atoms with Crippen molar-refractivity contribution in [2.24, 2.45) is 11.8 Å². The Morgan fingerprint density at radius 1 is 1.08 bits per heavy atom. The lowest BCUT2D eigenvalue weighted by atomic mass is 9.93. The standard InChI is InChI=1S/C20H23FN4O/c1-12(2)17(13(3)4)23-20(26)18-16-6-5-11-22-19(16)25(24-18)15-9-7-14(21)8-10-15/h5-13,17H,1-4H3,(H,23,26). The Bertz CT molecular complexity index is 907. The average Bonchev–Trinajstić information content (AvgIpc) is 2.99. The minimum absolute atomic E-state index is 0.0465. The third-order valence-electron chi connectivity index (χ3n) is 4.46. The summed E-state index contributed by atoms with van der Waals surface area (Å²) in [6, 6.07) is 9.59. The number of hydrogen-bond acceptors (Lipinski definition) is 3. The summed E-state index contributed by atoms with van der Waals surface area (Å²) in [5, 5.41) is 8.24. The Balaban J connectivity index is 2.04. The van der Waals surface area contributed by atoms with Gasteiger partial charge in [-0.3, -0.25) is 4.79 Å². The fraction of sp³-hybridized carbons (Fsp3) is 0.350. The summed E-state index contributed by atoms with van der Waals surface area (Å²) in [4.78, 5) is 17.3. The molecule has 6 heteroatoms. The lowest BCUT2D eigenvalue weighted by Crippen LogP contribution is -2.42. The van der Waals surface area contributed by atoms with Gasteiger partial charge in [0, 0.05) is 12.2 Å². The summed E-state index contributed by atoms with van der Waals surface area (Å²) < 4.78 is 14.8. The van der Waals surface area contributed by atoms with Crippen LogP contribution in [0.5, 0.6) is 0 Å². The topological polar surface area (TPSA) is 59.8 Å². The summed E-state index contributed by atoms with van der Waals surface area (Å²) in [5.41, 5.74) is 1.54. The zero-order valence-electron chi connectivity index (χ0n) is 15.4. The molecule has 0 aliphatic rings. The molecule has 5 nitrogen and oxygen atoms in total. The van der Waals surface area contributed by atoms with Gasteiger partial charge >= 0.3 is 0 Å². The zero-order valence-corrected chi connectivity index (χ0v) is 15.4. The quantitative estimate of drug-likeness (QED) is 0.754. The van der Waals surface area contributed by atoms with Gasteiger partial charge in [0.1, 0.15) is 5.82 Å². The number of halogens is 1. The van der Waals surface area contributed by atoms with Crippen LogP contribution in [-0.4, -0.2) is 26.7 Å². The molecule has 3 aromatic rings. The monoisotopic (exact) mass is 354 g/mol. The van der Waals surface area contributed by atoms with Crippen LogP contribution in [0.3, 0.4) is 0 Å².